The van der Waals surface area contributed by atoms with Gasteiger partial charge in [-0.25, -0.2) is 4.79 Å². The Morgan fingerprint density at radius 3 is 2.29 bits per heavy atom. The second kappa shape index (κ2) is 10.2. The fourth-order valence-electron chi connectivity index (χ4n) is 2.90. The molecular weight excluding hydrogens is 372 g/mol. The van der Waals surface area contributed by atoms with Crippen LogP contribution in [0, 0.1) is 5.92 Å². The van der Waals surface area contributed by atoms with Crippen LogP contribution in [0.15, 0.2) is 23.8 Å². The molecule has 1 heterocycles. The molecule has 0 aromatic rings. The Labute approximate surface area is 172 Å². The molecule has 0 unspecified atom stereocenters. The lowest BCUT2D eigenvalue weighted by atomic mass is 9.96. The average Bonchev–Trinajstić information content (AvgIpc) is 2.97. The van der Waals surface area contributed by atoms with Gasteiger partial charge in [-0.15, -0.1) is 0 Å². The molecule has 1 aliphatic heterocycles. The van der Waals surface area contributed by atoms with Gasteiger partial charge in [0.25, 0.3) is 0 Å². The molecule has 5 nitrogen and oxygen atoms in total. The minimum atomic E-state index is -1.97. The monoisotopic (exact) mass is 412 g/mol. The van der Waals surface area contributed by atoms with Gasteiger partial charge in [0, 0.05) is 12.5 Å². The van der Waals surface area contributed by atoms with Crippen LogP contribution in [-0.2, 0) is 23.4 Å². The highest BCUT2D eigenvalue weighted by Gasteiger charge is 2.43. The van der Waals surface area contributed by atoms with E-state index in [1.165, 1.54) is 6.08 Å². The summed E-state index contributed by atoms with van der Waals surface area (Å²) in [6.07, 6.45) is 6.05. The van der Waals surface area contributed by atoms with Crippen molar-refractivity contribution in [2.45, 2.75) is 84.9 Å². The van der Waals surface area contributed by atoms with E-state index in [2.05, 4.69) is 46.9 Å². The molecule has 1 fully saturated rings. The van der Waals surface area contributed by atoms with Crippen molar-refractivity contribution in [2.75, 3.05) is 19.8 Å². The fraction of sp³-hybridized carbons (Fsp3) is 0.773. The molecule has 0 radical (unpaired) electrons. The molecule has 0 saturated carbocycles. The minimum absolute atomic E-state index is 0.0325. The molecule has 28 heavy (non-hydrogen) atoms. The van der Waals surface area contributed by atoms with Gasteiger partial charge in [-0.3, -0.25) is 0 Å². The Hall–Kier alpha value is -0.953. The molecule has 0 aromatic heterocycles. The Morgan fingerprint density at radius 1 is 1.21 bits per heavy atom. The first kappa shape index (κ1) is 25.1. The summed E-state index contributed by atoms with van der Waals surface area (Å²) in [5.41, 5.74) is 1.00. The van der Waals surface area contributed by atoms with Crippen molar-refractivity contribution in [3.63, 3.8) is 0 Å². The maximum absolute atomic E-state index is 11.5. The smallest absolute Gasteiger partial charge is 0.330 e. The number of ether oxygens (including phenoxy) is 3. The summed E-state index contributed by atoms with van der Waals surface area (Å²) in [6.45, 7) is 20.8. The zero-order valence-electron chi connectivity index (χ0n) is 19.3. The third-order valence-electron chi connectivity index (χ3n) is 5.60. The summed E-state index contributed by atoms with van der Waals surface area (Å²) in [6, 6.07) is 0. The molecule has 0 bridgehead atoms. The molecule has 2 atom stereocenters. The minimum Gasteiger partial charge on any atom is -0.463 e. The fourth-order valence-corrected chi connectivity index (χ4v) is 4.31. The van der Waals surface area contributed by atoms with Crippen LogP contribution in [0.1, 0.15) is 54.9 Å². The number of rotatable bonds is 9. The lowest BCUT2D eigenvalue weighted by Gasteiger charge is -2.42. The molecule has 6 heteroatoms. The SMILES string of the molecule is CCOC(=O)/C=C/C(C)=C/[C@@H](C)[C@@H](CC1(C)OCCO1)O[Si](C)(C)C(C)(C)C. The second-order valence-electron chi connectivity index (χ2n) is 9.31. The standard InChI is InChI=1S/C22H40O5Si/c1-10-24-20(23)12-11-17(2)15-18(3)19(16-22(7)25-13-14-26-22)27-28(8,9)21(4,5)6/h11-12,15,18-19H,10,13-14,16H2,1-9H3/b12-11+,17-15+/t18-,19-/m1/s1. The van der Waals surface area contributed by atoms with E-state index in [1.807, 2.05) is 13.8 Å². The summed E-state index contributed by atoms with van der Waals surface area (Å²) < 4.78 is 23.4. The van der Waals surface area contributed by atoms with Gasteiger partial charge >= 0.3 is 5.97 Å². The molecule has 1 saturated heterocycles. The van der Waals surface area contributed by atoms with E-state index in [0.717, 1.165) is 5.57 Å². The predicted molar refractivity (Wildman–Crippen MR) is 116 cm³/mol. The number of hydrogen-bond acceptors (Lipinski definition) is 5. The molecule has 1 aliphatic rings. The van der Waals surface area contributed by atoms with Crippen LogP contribution < -0.4 is 0 Å². The second-order valence-corrected chi connectivity index (χ2v) is 14.1. The first-order chi connectivity index (χ1) is 12.8. The lowest BCUT2D eigenvalue weighted by molar-refractivity contribution is -0.163. The highest BCUT2D eigenvalue weighted by atomic mass is 28.4. The van der Waals surface area contributed by atoms with Crippen molar-refractivity contribution in [2.24, 2.45) is 5.92 Å². The Bertz CT molecular complexity index is 568. The van der Waals surface area contributed by atoms with E-state index in [-0.39, 0.29) is 23.0 Å². The predicted octanol–water partition coefficient (Wildman–Crippen LogP) is 5.23. The summed E-state index contributed by atoms with van der Waals surface area (Å²) in [5.74, 6) is -0.785. The highest BCUT2D eigenvalue weighted by Crippen LogP contribution is 2.40. The van der Waals surface area contributed by atoms with Crippen molar-refractivity contribution in [1.29, 1.82) is 0 Å². The number of carbonyl (C=O) groups is 1. The molecule has 0 aliphatic carbocycles. The van der Waals surface area contributed by atoms with Gasteiger partial charge in [-0.1, -0.05) is 45.4 Å². The topological polar surface area (TPSA) is 54.0 Å². The summed E-state index contributed by atoms with van der Waals surface area (Å²) in [7, 11) is -1.97. The first-order valence-corrected chi connectivity index (χ1v) is 13.2. The van der Waals surface area contributed by atoms with E-state index < -0.39 is 14.1 Å². The third-order valence-corrected chi connectivity index (χ3v) is 10.1. The van der Waals surface area contributed by atoms with Crippen LogP contribution in [0.4, 0.5) is 0 Å². The van der Waals surface area contributed by atoms with Crippen LogP contribution in [0.3, 0.4) is 0 Å². The van der Waals surface area contributed by atoms with Gasteiger partial charge < -0.3 is 18.6 Å². The van der Waals surface area contributed by atoms with Crippen LogP contribution in [0.2, 0.25) is 18.1 Å². The molecular formula is C22H40O5Si. The van der Waals surface area contributed by atoms with Crippen molar-refractivity contribution < 1.29 is 23.4 Å². The van der Waals surface area contributed by atoms with Crippen molar-refractivity contribution in [1.82, 2.24) is 0 Å². The van der Waals surface area contributed by atoms with Gasteiger partial charge in [-0.05, 0) is 44.8 Å². The summed E-state index contributed by atoms with van der Waals surface area (Å²) >= 11 is 0. The third kappa shape index (κ3) is 7.82. The number of carbonyl (C=O) groups excluding carboxylic acids is 1. The van der Waals surface area contributed by atoms with Gasteiger partial charge in [0.2, 0.25) is 0 Å². The van der Waals surface area contributed by atoms with E-state index in [1.54, 1.807) is 13.0 Å². The van der Waals surface area contributed by atoms with E-state index in [0.29, 0.717) is 26.2 Å². The Balaban J connectivity index is 2.99. The zero-order valence-corrected chi connectivity index (χ0v) is 20.3. The normalized spacial score (nSPS) is 20.4. The quantitative estimate of drug-likeness (QED) is 0.225. The summed E-state index contributed by atoms with van der Waals surface area (Å²) in [4.78, 5) is 11.5. The van der Waals surface area contributed by atoms with Crippen molar-refractivity contribution >= 4 is 14.3 Å². The Morgan fingerprint density at radius 2 is 1.79 bits per heavy atom. The highest BCUT2D eigenvalue weighted by molar-refractivity contribution is 6.74. The van der Waals surface area contributed by atoms with E-state index in [4.69, 9.17) is 18.6 Å². The maximum atomic E-state index is 11.5. The molecule has 162 valence electrons. The van der Waals surface area contributed by atoms with Gasteiger partial charge in [-0.2, -0.15) is 0 Å². The van der Waals surface area contributed by atoms with Gasteiger partial charge in [0.05, 0.1) is 25.9 Å². The molecule has 1 rings (SSSR count). The summed E-state index contributed by atoms with van der Waals surface area (Å²) in [5, 5.41) is 0.117. The maximum Gasteiger partial charge on any atom is 0.330 e. The Kier molecular flexibility index (Phi) is 9.13. The van der Waals surface area contributed by atoms with Gasteiger partial charge in [0.15, 0.2) is 14.1 Å². The van der Waals surface area contributed by atoms with E-state index >= 15 is 0 Å². The largest absolute Gasteiger partial charge is 0.463 e. The number of allylic oxidation sites excluding steroid dienone is 2. The van der Waals surface area contributed by atoms with Crippen LogP contribution in [0.5, 0.6) is 0 Å². The lowest BCUT2D eigenvalue weighted by Crippen LogP contribution is -2.47. The average molecular weight is 413 g/mol. The first-order valence-electron chi connectivity index (χ1n) is 10.3. The molecule has 0 aromatic carbocycles. The molecule has 0 amide bonds. The van der Waals surface area contributed by atoms with Crippen molar-refractivity contribution in [3.8, 4) is 0 Å². The number of hydrogen-bond donors (Lipinski definition) is 0. The van der Waals surface area contributed by atoms with Crippen LogP contribution >= 0.6 is 0 Å². The van der Waals surface area contributed by atoms with Crippen LogP contribution in [-0.4, -0.2) is 46.0 Å². The van der Waals surface area contributed by atoms with Gasteiger partial charge in [0.1, 0.15) is 0 Å². The van der Waals surface area contributed by atoms with Crippen LogP contribution in [0.25, 0.3) is 0 Å². The number of esters is 1. The molecule has 0 N–H and O–H groups in total. The van der Waals surface area contributed by atoms with Crippen molar-refractivity contribution in [3.05, 3.63) is 23.8 Å². The van der Waals surface area contributed by atoms with E-state index in [9.17, 15) is 4.79 Å². The zero-order chi connectivity index (χ0) is 21.6. The molecule has 0 spiro atoms.